The summed E-state index contributed by atoms with van der Waals surface area (Å²) < 4.78 is 16.6. The molecule has 1 aliphatic heterocycles. The number of benzene rings is 5. The molecule has 7 rings (SSSR count). The van der Waals surface area contributed by atoms with Gasteiger partial charge in [0.25, 0.3) is 5.91 Å². The Balaban J connectivity index is 1.12. The molecule has 1 aliphatic carbocycles. The minimum Gasteiger partial charge on any atom is -0.373 e. The Kier molecular flexibility index (Phi) is 10.3. The van der Waals surface area contributed by atoms with E-state index in [1.807, 2.05) is 18.2 Å². The third-order valence-electron chi connectivity index (χ3n) is 10.2. The topological polar surface area (TPSA) is 83.8 Å². The van der Waals surface area contributed by atoms with Gasteiger partial charge in [0.2, 0.25) is 0 Å². The Morgan fingerprint density at radius 1 is 0.769 bits per heavy atom. The maximum atomic E-state index is 13.2. The summed E-state index contributed by atoms with van der Waals surface area (Å²) in [5.74, 6) is -0.0767. The molecule has 1 heterocycles. The molecule has 0 spiro atoms. The van der Waals surface area contributed by atoms with Gasteiger partial charge in [-0.15, -0.1) is 0 Å². The van der Waals surface area contributed by atoms with E-state index in [1.165, 1.54) is 33.6 Å². The number of carbonyl (C=O) groups is 1. The van der Waals surface area contributed by atoms with Crippen LogP contribution in [0.25, 0.3) is 17.7 Å². The molecule has 52 heavy (non-hydrogen) atoms. The summed E-state index contributed by atoms with van der Waals surface area (Å²) in [5.41, 5.74) is 9.73. The second-order valence-corrected chi connectivity index (χ2v) is 16.0. The first-order chi connectivity index (χ1) is 25.5. The van der Waals surface area contributed by atoms with Gasteiger partial charge >= 0.3 is 8.80 Å². The average Bonchev–Trinajstić information content (AvgIpc) is 3.80. The molecule has 0 aromatic heterocycles. The lowest BCUT2D eigenvalue weighted by Crippen LogP contribution is -2.54. The lowest BCUT2D eigenvalue weighted by molar-refractivity contribution is -0.112. The van der Waals surface area contributed by atoms with Gasteiger partial charge in [-0.3, -0.25) is 4.79 Å². The van der Waals surface area contributed by atoms with Gasteiger partial charge in [-0.25, -0.2) is 0 Å². The van der Waals surface area contributed by atoms with Crippen molar-refractivity contribution in [2.75, 3.05) is 31.5 Å². The van der Waals surface area contributed by atoms with E-state index in [0.717, 1.165) is 35.6 Å². The van der Waals surface area contributed by atoms with E-state index in [1.54, 1.807) is 51.7 Å². The Morgan fingerprint density at radius 2 is 1.38 bits per heavy atom. The van der Waals surface area contributed by atoms with Crippen LogP contribution >= 0.6 is 0 Å². The second-order valence-electron chi connectivity index (χ2n) is 13.0. The van der Waals surface area contributed by atoms with Gasteiger partial charge < -0.3 is 23.5 Å². The van der Waals surface area contributed by atoms with Gasteiger partial charge in [-0.05, 0) is 94.8 Å². The average molecular weight is 704 g/mol. The molecule has 7 nitrogen and oxygen atoms in total. The molecule has 260 valence electrons. The fourth-order valence-corrected chi connectivity index (χ4v) is 9.42. The van der Waals surface area contributed by atoms with Crippen LogP contribution in [0.2, 0.25) is 0 Å². The summed E-state index contributed by atoms with van der Waals surface area (Å²) in [6.45, 7) is 0. The maximum Gasteiger partial charge on any atom is 0.536 e. The van der Waals surface area contributed by atoms with E-state index in [4.69, 9.17) is 13.3 Å². The summed E-state index contributed by atoms with van der Waals surface area (Å²) in [7, 11) is 1.65. The molecule has 0 radical (unpaired) electrons. The van der Waals surface area contributed by atoms with Crippen molar-refractivity contribution >= 4 is 54.7 Å². The molecule has 1 saturated carbocycles. The van der Waals surface area contributed by atoms with Crippen molar-refractivity contribution < 1.29 is 18.1 Å². The molecule has 0 saturated heterocycles. The molecule has 1 amide bonds. The lowest BCUT2D eigenvalue weighted by Gasteiger charge is -2.27. The minimum absolute atomic E-state index is 0.0327. The third-order valence-corrected chi connectivity index (χ3v) is 12.8. The van der Waals surface area contributed by atoms with Gasteiger partial charge in [-0.2, -0.15) is 5.26 Å². The van der Waals surface area contributed by atoms with Gasteiger partial charge in [0.05, 0.1) is 0 Å². The highest BCUT2D eigenvalue weighted by atomic mass is 28.4. The summed E-state index contributed by atoms with van der Waals surface area (Å²) in [5, 5.41) is 13.6. The summed E-state index contributed by atoms with van der Waals surface area (Å²) >= 11 is 0. The predicted molar refractivity (Wildman–Crippen MR) is 210 cm³/mol. The zero-order valence-electron chi connectivity index (χ0n) is 29.6. The van der Waals surface area contributed by atoms with Crippen LogP contribution in [-0.2, 0) is 18.1 Å². The first-order valence-electron chi connectivity index (χ1n) is 17.5. The second kappa shape index (κ2) is 15.4. The number of nitriles is 1. The largest absolute Gasteiger partial charge is 0.536 e. The number of fused-ring (bicyclic) bond motifs is 3. The lowest BCUT2D eigenvalue weighted by atomic mass is 9.95. The Labute approximate surface area is 306 Å². The summed E-state index contributed by atoms with van der Waals surface area (Å²) in [4.78, 5) is 15.7. The monoisotopic (exact) mass is 703 g/mol. The molecule has 2 unspecified atom stereocenters. The molecule has 2 aliphatic rings. The Hall–Kier alpha value is -5.56. The molecular formula is C44H41N3O4Si. The number of amides is 1. The number of nitrogens with one attached hydrogen (secondary N) is 1. The van der Waals surface area contributed by atoms with Crippen LogP contribution in [0.4, 0.5) is 17.1 Å². The van der Waals surface area contributed by atoms with Crippen molar-refractivity contribution in [3.8, 4) is 6.07 Å². The van der Waals surface area contributed by atoms with Crippen LogP contribution in [0.3, 0.4) is 0 Å². The minimum atomic E-state index is -3.00. The van der Waals surface area contributed by atoms with Crippen LogP contribution in [0.15, 0.2) is 133 Å². The standard InChI is InChI=1S/C44H41N3O4Si/c1-49-52(50-2,51-3)38-24-20-36(21-25-38)46-44(48)35(30-45)27-32-19-26-43-41(29-32)39-15-10-16-42(39)47(43)37-22-17-31(18-23-37)28-40(33-11-6-4-7-12-33)34-13-8-5-9-14-34/h4-9,11-14,17-29,39,42H,10,15-16H2,1-3H3,(H,46,48)/b35-27+. The highest BCUT2D eigenvalue weighted by molar-refractivity contribution is 6.75. The van der Waals surface area contributed by atoms with Gasteiger partial charge in [0.15, 0.2) is 0 Å². The normalized spacial score (nSPS) is 16.5. The van der Waals surface area contributed by atoms with Crippen LogP contribution in [0, 0.1) is 11.3 Å². The number of carbonyl (C=O) groups excluding carboxylic acids is 1. The predicted octanol–water partition coefficient (Wildman–Crippen LogP) is 8.69. The number of hydrogen-bond donors (Lipinski definition) is 1. The van der Waals surface area contributed by atoms with Crippen molar-refractivity contribution in [1.29, 1.82) is 5.26 Å². The number of nitrogens with zero attached hydrogens (tertiary/aromatic N) is 2. The Bertz CT molecular complexity index is 2090. The molecule has 1 N–H and O–H groups in total. The van der Waals surface area contributed by atoms with Crippen molar-refractivity contribution in [1.82, 2.24) is 0 Å². The van der Waals surface area contributed by atoms with E-state index in [-0.39, 0.29) is 5.57 Å². The zero-order valence-corrected chi connectivity index (χ0v) is 30.6. The van der Waals surface area contributed by atoms with Crippen molar-refractivity contribution in [3.05, 3.63) is 161 Å². The Morgan fingerprint density at radius 3 is 1.98 bits per heavy atom. The first kappa shape index (κ1) is 34.9. The van der Waals surface area contributed by atoms with Crippen molar-refractivity contribution in [2.24, 2.45) is 0 Å². The van der Waals surface area contributed by atoms with E-state index >= 15 is 0 Å². The van der Waals surface area contributed by atoms with Crippen molar-refractivity contribution in [3.63, 3.8) is 0 Å². The molecule has 5 aromatic rings. The number of hydrogen-bond acceptors (Lipinski definition) is 6. The van der Waals surface area contributed by atoms with Crippen LogP contribution in [-0.4, -0.2) is 42.1 Å². The SMILES string of the molecule is CO[Si](OC)(OC)c1ccc(NC(=O)/C(C#N)=C/c2ccc3c(c2)C2CCCC2N3c2ccc(C=C(c3ccccc3)c3ccccc3)cc2)cc1. The fraction of sp³-hybridized carbons (Fsp3) is 0.182. The van der Waals surface area contributed by atoms with Gasteiger partial charge in [0.1, 0.15) is 11.6 Å². The fourth-order valence-electron chi connectivity index (χ4n) is 7.64. The first-order valence-corrected chi connectivity index (χ1v) is 19.2. The van der Waals surface area contributed by atoms with Gasteiger partial charge in [-0.1, -0.05) is 97.4 Å². The zero-order chi connectivity index (χ0) is 36.1. The molecule has 5 aromatic carbocycles. The molecule has 8 heteroatoms. The molecule has 1 fully saturated rings. The van der Waals surface area contributed by atoms with E-state index < -0.39 is 14.7 Å². The quantitative estimate of drug-likeness (QED) is 0.0642. The van der Waals surface area contributed by atoms with Crippen molar-refractivity contribution in [2.45, 2.75) is 31.2 Å². The summed E-state index contributed by atoms with van der Waals surface area (Å²) in [6.07, 6.45) is 7.33. The maximum absolute atomic E-state index is 13.2. The highest BCUT2D eigenvalue weighted by Crippen LogP contribution is 2.52. The van der Waals surface area contributed by atoms with E-state index in [9.17, 15) is 10.1 Å². The summed E-state index contributed by atoms with van der Waals surface area (Å²) in [6, 6.07) is 45.8. The molecule has 2 atom stereocenters. The third kappa shape index (κ3) is 6.87. The number of rotatable bonds is 11. The van der Waals surface area contributed by atoms with Crippen LogP contribution < -0.4 is 15.4 Å². The van der Waals surface area contributed by atoms with Crippen LogP contribution in [0.1, 0.15) is 53.0 Å². The highest BCUT2D eigenvalue weighted by Gasteiger charge is 2.42. The smallest absolute Gasteiger partial charge is 0.373 e. The molecule has 0 bridgehead atoms. The number of anilines is 3. The van der Waals surface area contributed by atoms with E-state index in [2.05, 4.69) is 107 Å². The van der Waals surface area contributed by atoms with E-state index in [0.29, 0.717) is 17.6 Å². The van der Waals surface area contributed by atoms with Crippen LogP contribution in [0.5, 0.6) is 0 Å². The van der Waals surface area contributed by atoms with Gasteiger partial charge in [0, 0.05) is 55.5 Å². The molecular weight excluding hydrogens is 663 g/mol.